The Labute approximate surface area is 349 Å². The first kappa shape index (κ1) is 40.0. The second-order valence-electron chi connectivity index (χ2n) is 13.1. The topological polar surface area (TPSA) is 193 Å². The van der Waals surface area contributed by atoms with Crippen LogP contribution in [0.25, 0.3) is 20.4 Å². The van der Waals surface area contributed by atoms with E-state index in [1.54, 1.807) is 38.7 Å². The van der Waals surface area contributed by atoms with Gasteiger partial charge < -0.3 is 25.8 Å². The van der Waals surface area contributed by atoms with Crippen molar-refractivity contribution in [1.82, 2.24) is 29.9 Å². The second-order valence-corrected chi connectivity index (χ2v) is 15.2. The molecule has 0 aliphatic rings. The number of thiazole rings is 2. The Bertz CT molecular complexity index is 2680. The molecule has 15 heteroatoms. The molecule has 0 bridgehead atoms. The zero-order valence-electron chi connectivity index (χ0n) is 32.2. The van der Waals surface area contributed by atoms with Crippen molar-refractivity contribution in [1.29, 1.82) is 10.5 Å². The molecule has 2 atom stereocenters. The Hall–Kier alpha value is -7.20. The third-order valence-electron chi connectivity index (χ3n) is 9.14. The summed E-state index contributed by atoms with van der Waals surface area (Å²) in [6.45, 7) is 1.32. The highest BCUT2D eigenvalue weighted by Gasteiger charge is 2.21. The molecule has 4 heterocycles. The molecule has 13 nitrogen and oxygen atoms in total. The highest BCUT2D eigenvalue weighted by Crippen LogP contribution is 2.32. The zero-order valence-corrected chi connectivity index (χ0v) is 33.9. The van der Waals surface area contributed by atoms with Gasteiger partial charge in [-0.3, -0.25) is 0 Å². The number of methoxy groups -OCH3 is 2. The molecular weight excluding hydrogens is 779 g/mol. The van der Waals surface area contributed by atoms with E-state index in [2.05, 4.69) is 52.7 Å². The molecule has 2 unspecified atom stereocenters. The number of ether oxygens (including phenoxy) is 2. The lowest BCUT2D eigenvalue weighted by molar-refractivity contribution is 0.354. The van der Waals surface area contributed by atoms with Crippen molar-refractivity contribution in [2.45, 2.75) is 24.7 Å². The average molecular weight is 818 g/mol. The summed E-state index contributed by atoms with van der Waals surface area (Å²) in [5.74, 6) is 1.34. The van der Waals surface area contributed by atoms with Crippen molar-refractivity contribution >= 4 is 60.7 Å². The number of nitrogens with one attached hydrogen (secondary N) is 2. The maximum absolute atomic E-state index is 9.78. The van der Waals surface area contributed by atoms with Crippen LogP contribution < -0.4 is 25.8 Å². The largest absolute Gasteiger partial charge is 0.493 e. The van der Waals surface area contributed by atoms with Gasteiger partial charge >= 0.3 is 0 Å². The number of nitrogens with zero attached hydrogens (tertiary/aromatic N) is 8. The maximum atomic E-state index is 9.78. The van der Waals surface area contributed by atoms with Gasteiger partial charge in [-0.25, -0.2) is 29.9 Å². The summed E-state index contributed by atoms with van der Waals surface area (Å²) >= 11 is 3.04. The molecule has 0 saturated heterocycles. The zero-order chi connectivity index (χ0) is 41.0. The van der Waals surface area contributed by atoms with Crippen LogP contribution in [0.3, 0.4) is 0 Å². The SMILES string of the molecule is COc1ccc(CCNc2nccc(C(C#N)c3nc4ccccc4s3)n2)cc1OC.N#CC(c1ccnc(NCCc2ccc(N)cc2)n1)c1nc2ccccc2s1. The van der Waals surface area contributed by atoms with Gasteiger partial charge in [-0.1, -0.05) is 42.5 Å². The normalized spacial score (nSPS) is 11.7. The summed E-state index contributed by atoms with van der Waals surface area (Å²) in [6.07, 6.45) is 4.92. The van der Waals surface area contributed by atoms with Gasteiger partial charge in [0.2, 0.25) is 11.9 Å². The molecule has 0 saturated carbocycles. The summed E-state index contributed by atoms with van der Waals surface area (Å²) in [5.41, 5.74) is 11.8. The van der Waals surface area contributed by atoms with Crippen molar-refractivity contribution < 1.29 is 9.47 Å². The Kier molecular flexibility index (Phi) is 13.1. The fourth-order valence-corrected chi connectivity index (χ4v) is 8.17. The van der Waals surface area contributed by atoms with E-state index < -0.39 is 11.8 Å². The summed E-state index contributed by atoms with van der Waals surface area (Å²) in [6, 6.07) is 37.6. The van der Waals surface area contributed by atoms with E-state index >= 15 is 0 Å². The minimum absolute atomic E-state index is 0.485. The number of rotatable bonds is 14. The van der Waals surface area contributed by atoms with Crippen LogP contribution in [0.1, 0.15) is 44.4 Å². The number of fused-ring (bicyclic) bond motifs is 2. The van der Waals surface area contributed by atoms with Crippen LogP contribution in [-0.4, -0.2) is 57.2 Å². The minimum Gasteiger partial charge on any atom is -0.493 e. The predicted octanol–water partition coefficient (Wildman–Crippen LogP) is 8.39. The average Bonchev–Trinajstić information content (AvgIpc) is 3.90. The molecule has 0 spiro atoms. The highest BCUT2D eigenvalue weighted by atomic mass is 32.1. The molecule has 8 aromatic rings. The number of nitrogen functional groups attached to an aromatic ring is 1. The lowest BCUT2D eigenvalue weighted by Crippen LogP contribution is -2.10. The Morgan fingerprint density at radius 3 is 1.59 bits per heavy atom. The van der Waals surface area contributed by atoms with Crippen molar-refractivity contribution in [3.63, 3.8) is 0 Å². The molecular formula is C44H39N11O2S2. The molecule has 4 aromatic carbocycles. The van der Waals surface area contributed by atoms with Crippen molar-refractivity contribution in [2.75, 3.05) is 43.7 Å². The number of aromatic nitrogens is 6. The van der Waals surface area contributed by atoms with E-state index in [4.69, 9.17) is 15.2 Å². The quantitative estimate of drug-likeness (QED) is 0.0887. The van der Waals surface area contributed by atoms with Crippen LogP contribution in [0, 0.1) is 22.7 Å². The monoisotopic (exact) mass is 817 g/mol. The van der Waals surface area contributed by atoms with E-state index in [1.807, 2.05) is 91.0 Å². The van der Waals surface area contributed by atoms with Crippen LogP contribution in [0.5, 0.6) is 11.5 Å². The van der Waals surface area contributed by atoms with Gasteiger partial charge in [0.1, 0.15) is 21.9 Å². The summed E-state index contributed by atoms with van der Waals surface area (Å²) < 4.78 is 12.7. The number of anilines is 3. The van der Waals surface area contributed by atoms with Gasteiger partial charge in [-0.15, -0.1) is 22.7 Å². The lowest BCUT2D eigenvalue weighted by atomic mass is 10.1. The van der Waals surface area contributed by atoms with Crippen LogP contribution >= 0.6 is 22.7 Å². The van der Waals surface area contributed by atoms with Crippen molar-refractivity contribution in [2.24, 2.45) is 0 Å². The third kappa shape index (κ3) is 10.0. The van der Waals surface area contributed by atoms with Crippen LogP contribution in [0.4, 0.5) is 17.6 Å². The second kappa shape index (κ2) is 19.3. The van der Waals surface area contributed by atoms with E-state index in [1.165, 1.54) is 28.2 Å². The summed E-state index contributed by atoms with van der Waals surface area (Å²) in [7, 11) is 3.24. The smallest absolute Gasteiger partial charge is 0.222 e. The van der Waals surface area contributed by atoms with Gasteiger partial charge in [0.15, 0.2) is 11.5 Å². The first-order chi connectivity index (χ1) is 28.9. The summed E-state index contributed by atoms with van der Waals surface area (Å²) in [4.78, 5) is 26.9. The van der Waals surface area contributed by atoms with Gasteiger partial charge in [0.05, 0.1) is 58.2 Å². The Morgan fingerprint density at radius 2 is 1.10 bits per heavy atom. The van der Waals surface area contributed by atoms with E-state index in [9.17, 15) is 10.5 Å². The molecule has 8 rings (SSSR count). The first-order valence-electron chi connectivity index (χ1n) is 18.6. The third-order valence-corrected chi connectivity index (χ3v) is 11.3. The number of hydrogen-bond donors (Lipinski definition) is 3. The van der Waals surface area contributed by atoms with Crippen molar-refractivity contribution in [3.8, 4) is 23.6 Å². The predicted molar refractivity (Wildman–Crippen MR) is 233 cm³/mol. The first-order valence-corrected chi connectivity index (χ1v) is 20.3. The van der Waals surface area contributed by atoms with E-state index in [-0.39, 0.29) is 0 Å². The minimum atomic E-state index is -0.535. The molecule has 0 aliphatic heterocycles. The van der Waals surface area contributed by atoms with E-state index in [0.717, 1.165) is 54.5 Å². The van der Waals surface area contributed by atoms with Gasteiger partial charge in [0.25, 0.3) is 0 Å². The fourth-order valence-electron chi connectivity index (χ4n) is 6.12. The molecule has 0 aliphatic carbocycles. The molecule has 0 amide bonds. The molecule has 0 radical (unpaired) electrons. The lowest BCUT2D eigenvalue weighted by Gasteiger charge is -2.11. The molecule has 59 heavy (non-hydrogen) atoms. The highest BCUT2D eigenvalue weighted by molar-refractivity contribution is 7.19. The van der Waals surface area contributed by atoms with Gasteiger partial charge in [-0.05, 0) is 84.6 Å². The van der Waals surface area contributed by atoms with Crippen LogP contribution in [0.15, 0.2) is 116 Å². The Morgan fingerprint density at radius 1 is 0.610 bits per heavy atom. The molecule has 294 valence electrons. The van der Waals surface area contributed by atoms with Crippen LogP contribution in [-0.2, 0) is 12.8 Å². The number of nitriles is 2. The number of hydrogen-bond acceptors (Lipinski definition) is 15. The van der Waals surface area contributed by atoms with Crippen molar-refractivity contribution in [3.05, 3.63) is 148 Å². The molecule has 4 N–H and O–H groups in total. The number of benzene rings is 4. The maximum Gasteiger partial charge on any atom is 0.222 e. The fraction of sp³-hybridized carbons (Fsp3) is 0.182. The molecule has 4 aromatic heterocycles. The molecule has 0 fully saturated rings. The van der Waals surface area contributed by atoms with E-state index in [0.29, 0.717) is 47.9 Å². The number of para-hydroxylation sites is 2. The number of nitrogens with two attached hydrogens (primary N) is 1. The standard InChI is InChI=1S/C23H21N5O2S.C21H18N6S/c1-29-19-8-7-15(13-20(19)30-2)9-11-25-23-26-12-10-17(28-23)16(14-24)22-27-18-5-3-4-6-21(18)31-22;22-13-16(20-26-18-3-1-2-4-19(18)28-20)17-10-12-25-21(27-17)24-11-9-14-5-7-15(23)8-6-14/h3-8,10,12-13,16H,9,11H2,1-2H3,(H,25,26,28);1-8,10,12,16H,9,11,23H2,(H,24,25,27). The van der Waals surface area contributed by atoms with Crippen LogP contribution in [0.2, 0.25) is 0 Å². The Balaban J connectivity index is 0.000000180. The van der Waals surface area contributed by atoms with Gasteiger partial charge in [-0.2, -0.15) is 10.5 Å². The summed E-state index contributed by atoms with van der Waals surface area (Å²) in [5, 5.41) is 27.4. The van der Waals surface area contributed by atoms with Gasteiger partial charge in [0, 0.05) is 31.2 Å².